The summed E-state index contributed by atoms with van der Waals surface area (Å²) in [6.45, 7) is 2.68. The number of para-hydroxylation sites is 2. The van der Waals surface area contributed by atoms with E-state index >= 15 is 0 Å². The van der Waals surface area contributed by atoms with Crippen molar-refractivity contribution in [3.63, 3.8) is 0 Å². The number of ether oxygens (including phenoxy) is 1. The Kier molecular flexibility index (Phi) is 5.23. The molecule has 0 spiro atoms. The van der Waals surface area contributed by atoms with Crippen LogP contribution < -0.4 is 14.8 Å². The van der Waals surface area contributed by atoms with Crippen molar-refractivity contribution >= 4 is 35.2 Å². The van der Waals surface area contributed by atoms with Gasteiger partial charge in [0.15, 0.2) is 5.75 Å². The summed E-state index contributed by atoms with van der Waals surface area (Å²) >= 11 is 7.74. The van der Waals surface area contributed by atoms with E-state index in [1.54, 1.807) is 0 Å². The number of benzene rings is 3. The van der Waals surface area contributed by atoms with Crippen molar-refractivity contribution in [3.05, 3.63) is 82.9 Å². The Morgan fingerprint density at radius 3 is 2.67 bits per heavy atom. The van der Waals surface area contributed by atoms with Crippen molar-refractivity contribution in [1.82, 2.24) is 4.72 Å². The molecule has 27 heavy (non-hydrogen) atoms. The highest BCUT2D eigenvalue weighted by atomic mass is 35.5. The maximum atomic E-state index is 6.23. The molecule has 0 fully saturated rings. The van der Waals surface area contributed by atoms with Gasteiger partial charge in [-0.15, -0.1) is 0 Å². The lowest BCUT2D eigenvalue weighted by atomic mass is 10.1. The maximum absolute atomic E-state index is 6.23. The number of fused-ring (bicyclic) bond motifs is 1. The second-order valence-corrected chi connectivity index (χ2v) is 7.40. The molecule has 0 aromatic heterocycles. The molecule has 3 aromatic rings. The SMILES string of the molecule is Cc1cccc(CN=C2NSc3cccc(Oc4ccccc4Cl)c3N2)c1. The topological polar surface area (TPSA) is 45.7 Å². The zero-order valence-electron chi connectivity index (χ0n) is 14.7. The van der Waals surface area contributed by atoms with Gasteiger partial charge in [0.1, 0.15) is 5.75 Å². The number of aliphatic imine (C=N–C) groups is 1. The van der Waals surface area contributed by atoms with Crippen molar-refractivity contribution in [2.75, 3.05) is 5.32 Å². The number of guanidine groups is 1. The van der Waals surface area contributed by atoms with Gasteiger partial charge in [0, 0.05) is 0 Å². The van der Waals surface area contributed by atoms with Gasteiger partial charge in [-0.05, 0) is 48.7 Å². The zero-order valence-corrected chi connectivity index (χ0v) is 16.3. The highest BCUT2D eigenvalue weighted by Crippen LogP contribution is 2.40. The van der Waals surface area contributed by atoms with E-state index in [2.05, 4.69) is 40.2 Å². The van der Waals surface area contributed by atoms with Crippen molar-refractivity contribution in [3.8, 4) is 11.5 Å². The molecule has 0 saturated heterocycles. The standard InChI is InChI=1S/C21H18ClN3OS/c1-14-6-4-7-15(12-14)13-23-21-24-20-18(10-5-11-19(20)27-25-21)26-17-9-3-2-8-16(17)22/h2-12H,13H2,1H3,(H2,23,24,25). The van der Waals surface area contributed by atoms with E-state index in [0.717, 1.165) is 10.6 Å². The second-order valence-electron chi connectivity index (χ2n) is 6.14. The summed E-state index contributed by atoms with van der Waals surface area (Å²) in [5, 5.41) is 3.91. The third-order valence-electron chi connectivity index (χ3n) is 4.05. The summed E-state index contributed by atoms with van der Waals surface area (Å²) < 4.78 is 9.28. The summed E-state index contributed by atoms with van der Waals surface area (Å²) in [4.78, 5) is 5.69. The van der Waals surface area contributed by atoms with Crippen LogP contribution in [0.15, 0.2) is 76.6 Å². The van der Waals surface area contributed by atoms with Crippen molar-refractivity contribution < 1.29 is 4.74 Å². The highest BCUT2D eigenvalue weighted by molar-refractivity contribution is 7.98. The molecule has 4 rings (SSSR count). The van der Waals surface area contributed by atoms with E-state index in [0.29, 0.717) is 29.0 Å². The molecule has 4 nitrogen and oxygen atoms in total. The Balaban J connectivity index is 1.56. The first-order valence-electron chi connectivity index (χ1n) is 8.54. The number of halogens is 1. The van der Waals surface area contributed by atoms with E-state index in [1.165, 1.54) is 23.1 Å². The minimum atomic E-state index is 0.574. The molecule has 0 radical (unpaired) electrons. The van der Waals surface area contributed by atoms with Crippen LogP contribution in [0.5, 0.6) is 11.5 Å². The van der Waals surface area contributed by atoms with Crippen LogP contribution in [0, 0.1) is 6.92 Å². The smallest absolute Gasteiger partial charge is 0.206 e. The van der Waals surface area contributed by atoms with Gasteiger partial charge in [-0.2, -0.15) is 0 Å². The summed E-state index contributed by atoms with van der Waals surface area (Å²) in [7, 11) is 0. The lowest BCUT2D eigenvalue weighted by molar-refractivity contribution is 0.484. The molecular weight excluding hydrogens is 378 g/mol. The van der Waals surface area contributed by atoms with E-state index in [-0.39, 0.29) is 0 Å². The average Bonchev–Trinajstić information content (AvgIpc) is 2.68. The van der Waals surface area contributed by atoms with Gasteiger partial charge >= 0.3 is 0 Å². The van der Waals surface area contributed by atoms with E-state index < -0.39 is 0 Å². The average molecular weight is 396 g/mol. The molecular formula is C21H18ClN3OS. The minimum absolute atomic E-state index is 0.574. The number of nitrogens with zero attached hydrogens (tertiary/aromatic N) is 1. The maximum Gasteiger partial charge on any atom is 0.206 e. The van der Waals surface area contributed by atoms with Gasteiger partial charge in [0.05, 0.1) is 22.2 Å². The molecule has 0 saturated carbocycles. The fraction of sp³-hybridized carbons (Fsp3) is 0.0952. The lowest BCUT2D eigenvalue weighted by Crippen LogP contribution is -2.29. The molecule has 0 amide bonds. The Morgan fingerprint density at radius 1 is 1.00 bits per heavy atom. The number of aryl methyl sites for hydroxylation is 1. The Bertz CT molecular complexity index is 1010. The molecule has 1 aliphatic heterocycles. The predicted molar refractivity (Wildman–Crippen MR) is 113 cm³/mol. The first kappa shape index (κ1) is 17.8. The molecule has 0 unspecified atom stereocenters. The third-order valence-corrected chi connectivity index (χ3v) is 5.22. The fourth-order valence-electron chi connectivity index (χ4n) is 2.75. The summed E-state index contributed by atoms with van der Waals surface area (Å²) in [6.07, 6.45) is 0. The largest absolute Gasteiger partial charge is 0.454 e. The predicted octanol–water partition coefficient (Wildman–Crippen LogP) is 6.02. The van der Waals surface area contributed by atoms with Crippen LogP contribution in [0.25, 0.3) is 0 Å². The van der Waals surface area contributed by atoms with E-state index in [4.69, 9.17) is 16.3 Å². The quantitative estimate of drug-likeness (QED) is 0.530. The van der Waals surface area contributed by atoms with E-state index in [1.807, 2.05) is 48.5 Å². The third kappa shape index (κ3) is 4.21. The molecule has 6 heteroatoms. The van der Waals surface area contributed by atoms with Gasteiger partial charge in [0.25, 0.3) is 0 Å². The molecule has 136 valence electrons. The zero-order chi connectivity index (χ0) is 18.6. The fourth-order valence-corrected chi connectivity index (χ4v) is 3.65. The van der Waals surface area contributed by atoms with Crippen molar-refractivity contribution in [2.45, 2.75) is 18.4 Å². The molecule has 1 aliphatic rings. The van der Waals surface area contributed by atoms with Crippen LogP contribution >= 0.6 is 23.5 Å². The van der Waals surface area contributed by atoms with Crippen LogP contribution in [0.3, 0.4) is 0 Å². The number of nitrogens with one attached hydrogen (secondary N) is 2. The molecule has 0 aliphatic carbocycles. The van der Waals surface area contributed by atoms with Gasteiger partial charge in [-0.25, -0.2) is 4.99 Å². The lowest BCUT2D eigenvalue weighted by Gasteiger charge is -2.23. The number of rotatable bonds is 4. The summed E-state index contributed by atoms with van der Waals surface area (Å²) in [5.74, 6) is 2.03. The van der Waals surface area contributed by atoms with Crippen LogP contribution in [0.1, 0.15) is 11.1 Å². The van der Waals surface area contributed by atoms with Crippen molar-refractivity contribution in [1.29, 1.82) is 0 Å². The van der Waals surface area contributed by atoms with Crippen LogP contribution in [0.2, 0.25) is 5.02 Å². The van der Waals surface area contributed by atoms with Gasteiger partial charge in [-0.1, -0.05) is 59.6 Å². The van der Waals surface area contributed by atoms with Crippen molar-refractivity contribution in [2.24, 2.45) is 4.99 Å². The van der Waals surface area contributed by atoms with E-state index in [9.17, 15) is 0 Å². The van der Waals surface area contributed by atoms with Gasteiger partial charge < -0.3 is 10.1 Å². The Morgan fingerprint density at radius 2 is 1.81 bits per heavy atom. The number of hydrogen-bond acceptors (Lipinski definition) is 3. The second kappa shape index (κ2) is 7.94. The number of anilines is 1. The van der Waals surface area contributed by atoms with Gasteiger partial charge in [0.2, 0.25) is 5.96 Å². The normalized spacial score (nSPS) is 14.2. The number of hydrogen-bond donors (Lipinski definition) is 2. The van der Waals surface area contributed by atoms with Gasteiger partial charge in [-0.3, -0.25) is 4.72 Å². The molecule has 0 atom stereocenters. The molecule has 2 N–H and O–H groups in total. The van der Waals surface area contributed by atoms with Crippen LogP contribution in [-0.4, -0.2) is 5.96 Å². The minimum Gasteiger partial charge on any atom is -0.454 e. The monoisotopic (exact) mass is 395 g/mol. The molecule has 1 heterocycles. The molecule has 0 bridgehead atoms. The first-order chi connectivity index (χ1) is 13.2. The highest BCUT2D eigenvalue weighted by Gasteiger charge is 2.19. The Labute approximate surface area is 167 Å². The summed E-state index contributed by atoms with van der Waals surface area (Å²) in [5.41, 5.74) is 3.28. The summed E-state index contributed by atoms with van der Waals surface area (Å²) in [6, 6.07) is 21.7. The first-order valence-corrected chi connectivity index (χ1v) is 9.74. The van der Waals surface area contributed by atoms with Crippen LogP contribution in [0.4, 0.5) is 5.69 Å². The Hall–Kier alpha value is -2.63. The van der Waals surface area contributed by atoms with Crippen LogP contribution in [-0.2, 0) is 6.54 Å². The molecule has 3 aromatic carbocycles.